The molecule has 186 valence electrons. The van der Waals surface area contributed by atoms with Crippen LogP contribution >= 0.6 is 0 Å². The van der Waals surface area contributed by atoms with Crippen molar-refractivity contribution in [2.75, 3.05) is 17.7 Å². The SMILES string of the molecule is CCC(=O)c1cnc(Nc2ccn([C@H]3C[C@H](O)C3)n2)cc1Nc1cccc(-c2ncn(C)n2)c1OC. The van der Waals surface area contributed by atoms with Gasteiger partial charge in [-0.25, -0.2) is 9.97 Å². The summed E-state index contributed by atoms with van der Waals surface area (Å²) in [4.78, 5) is 21.5. The molecule has 1 saturated carbocycles. The number of aromatic nitrogens is 6. The Morgan fingerprint density at radius 1 is 1.14 bits per heavy atom. The molecule has 36 heavy (non-hydrogen) atoms. The zero-order valence-corrected chi connectivity index (χ0v) is 20.3. The van der Waals surface area contributed by atoms with E-state index >= 15 is 0 Å². The number of ketones is 1. The molecule has 3 aromatic heterocycles. The van der Waals surface area contributed by atoms with Gasteiger partial charge in [-0.1, -0.05) is 13.0 Å². The molecule has 11 nitrogen and oxygen atoms in total. The Morgan fingerprint density at radius 3 is 2.67 bits per heavy atom. The molecule has 3 N–H and O–H groups in total. The molecular weight excluding hydrogens is 460 g/mol. The molecule has 0 amide bonds. The zero-order chi connectivity index (χ0) is 25.2. The minimum absolute atomic E-state index is 0.0362. The Bertz CT molecular complexity index is 1390. The Balaban J connectivity index is 1.45. The lowest BCUT2D eigenvalue weighted by molar-refractivity contribution is 0.0435. The van der Waals surface area contributed by atoms with Crippen LogP contribution in [-0.2, 0) is 7.05 Å². The Kier molecular flexibility index (Phi) is 6.38. The van der Waals surface area contributed by atoms with Gasteiger partial charge in [0.1, 0.15) is 12.1 Å². The van der Waals surface area contributed by atoms with Crippen molar-refractivity contribution in [2.24, 2.45) is 7.05 Å². The number of hydrogen-bond acceptors (Lipinski definition) is 9. The van der Waals surface area contributed by atoms with Crippen molar-refractivity contribution in [2.45, 2.75) is 38.3 Å². The quantitative estimate of drug-likeness (QED) is 0.300. The molecule has 11 heteroatoms. The summed E-state index contributed by atoms with van der Waals surface area (Å²) in [5, 5.41) is 25.1. The van der Waals surface area contributed by atoms with Gasteiger partial charge in [0.15, 0.2) is 23.2 Å². The van der Waals surface area contributed by atoms with Crippen molar-refractivity contribution in [1.29, 1.82) is 0 Å². The van der Waals surface area contributed by atoms with Crippen molar-refractivity contribution in [1.82, 2.24) is 29.5 Å². The average molecular weight is 489 g/mol. The minimum Gasteiger partial charge on any atom is -0.494 e. The first kappa shape index (κ1) is 23.5. The van der Waals surface area contributed by atoms with Crippen molar-refractivity contribution in [3.8, 4) is 17.1 Å². The third-order valence-corrected chi connectivity index (χ3v) is 6.18. The molecule has 1 fully saturated rings. The van der Waals surface area contributed by atoms with Crippen LogP contribution < -0.4 is 15.4 Å². The molecule has 0 aliphatic heterocycles. The van der Waals surface area contributed by atoms with Gasteiger partial charge >= 0.3 is 0 Å². The smallest absolute Gasteiger partial charge is 0.184 e. The predicted octanol–water partition coefficient (Wildman–Crippen LogP) is 3.86. The van der Waals surface area contributed by atoms with Crippen LogP contribution in [0.3, 0.4) is 0 Å². The van der Waals surface area contributed by atoms with Crippen LogP contribution in [0, 0.1) is 0 Å². The Hall–Kier alpha value is -4.25. The van der Waals surface area contributed by atoms with Crippen LogP contribution in [0.1, 0.15) is 42.6 Å². The van der Waals surface area contributed by atoms with Gasteiger partial charge in [-0.05, 0) is 25.0 Å². The highest BCUT2D eigenvalue weighted by molar-refractivity contribution is 6.02. The van der Waals surface area contributed by atoms with Crippen LogP contribution in [0.25, 0.3) is 11.4 Å². The molecule has 0 spiro atoms. The van der Waals surface area contributed by atoms with Crippen molar-refractivity contribution in [3.63, 3.8) is 0 Å². The number of ether oxygens (including phenoxy) is 1. The van der Waals surface area contributed by atoms with Crippen LogP contribution in [-0.4, -0.2) is 53.6 Å². The van der Waals surface area contributed by atoms with Gasteiger partial charge in [0.05, 0.1) is 41.8 Å². The second-order valence-corrected chi connectivity index (χ2v) is 8.73. The summed E-state index contributed by atoms with van der Waals surface area (Å²) in [6.45, 7) is 1.82. The first-order valence-electron chi connectivity index (χ1n) is 11.8. The highest BCUT2D eigenvalue weighted by Crippen LogP contribution is 2.38. The van der Waals surface area contributed by atoms with E-state index in [2.05, 4.69) is 30.8 Å². The summed E-state index contributed by atoms with van der Waals surface area (Å²) in [7, 11) is 3.39. The summed E-state index contributed by atoms with van der Waals surface area (Å²) in [5.41, 5.74) is 2.45. The predicted molar refractivity (Wildman–Crippen MR) is 135 cm³/mol. The van der Waals surface area contributed by atoms with E-state index in [9.17, 15) is 9.90 Å². The van der Waals surface area contributed by atoms with E-state index < -0.39 is 0 Å². The lowest BCUT2D eigenvalue weighted by atomic mass is 9.90. The number of aliphatic hydroxyl groups excluding tert-OH is 1. The molecular formula is C25H28N8O3. The zero-order valence-electron chi connectivity index (χ0n) is 20.3. The second kappa shape index (κ2) is 9.78. The van der Waals surface area contributed by atoms with E-state index in [-0.39, 0.29) is 17.9 Å². The molecule has 5 rings (SSSR count). The van der Waals surface area contributed by atoms with Crippen molar-refractivity contribution in [3.05, 3.63) is 54.6 Å². The van der Waals surface area contributed by atoms with Gasteiger partial charge < -0.3 is 20.5 Å². The monoisotopic (exact) mass is 488 g/mol. The first-order valence-corrected chi connectivity index (χ1v) is 11.8. The fourth-order valence-corrected chi connectivity index (χ4v) is 4.19. The lowest BCUT2D eigenvalue weighted by Gasteiger charge is -2.31. The number of Topliss-reactive ketones (excluding diaryl/α,β-unsaturated/α-hetero) is 1. The molecule has 1 aliphatic carbocycles. The third kappa shape index (κ3) is 4.65. The van der Waals surface area contributed by atoms with Gasteiger partial charge in [-0.15, -0.1) is 0 Å². The van der Waals surface area contributed by atoms with Gasteiger partial charge in [0.2, 0.25) is 0 Å². The third-order valence-electron chi connectivity index (χ3n) is 6.18. The lowest BCUT2D eigenvalue weighted by Crippen LogP contribution is -2.31. The number of nitrogens with one attached hydrogen (secondary N) is 2. The van der Waals surface area contributed by atoms with Gasteiger partial charge in [0.25, 0.3) is 0 Å². The van der Waals surface area contributed by atoms with Crippen molar-refractivity contribution < 1.29 is 14.6 Å². The van der Waals surface area contributed by atoms with Gasteiger partial charge in [0, 0.05) is 38.0 Å². The maximum atomic E-state index is 12.7. The number of rotatable bonds is 9. The number of anilines is 4. The number of nitrogens with zero attached hydrogens (tertiary/aromatic N) is 6. The number of hydrogen-bond donors (Lipinski definition) is 3. The van der Waals surface area contributed by atoms with E-state index in [1.165, 1.54) is 0 Å². The van der Waals surface area contributed by atoms with Crippen LogP contribution in [0.5, 0.6) is 5.75 Å². The van der Waals surface area contributed by atoms with Crippen molar-refractivity contribution >= 4 is 28.8 Å². The molecule has 4 aromatic rings. The summed E-state index contributed by atoms with van der Waals surface area (Å²) >= 11 is 0. The van der Waals surface area contributed by atoms with Gasteiger partial charge in [-0.3, -0.25) is 14.2 Å². The molecule has 0 unspecified atom stereocenters. The van der Waals surface area contributed by atoms with Crippen LogP contribution in [0.15, 0.2) is 49.1 Å². The maximum Gasteiger partial charge on any atom is 0.184 e. The molecule has 1 aromatic carbocycles. The topological polar surface area (TPSA) is 132 Å². The normalized spacial score (nSPS) is 16.9. The minimum atomic E-state index is -0.251. The number of methoxy groups -OCH3 is 1. The molecule has 1 aliphatic rings. The molecule has 0 atom stereocenters. The largest absolute Gasteiger partial charge is 0.494 e. The Labute approximate surface area is 208 Å². The summed E-state index contributed by atoms with van der Waals surface area (Å²) in [6, 6.07) is 9.47. The Morgan fingerprint density at radius 2 is 1.97 bits per heavy atom. The highest BCUT2D eigenvalue weighted by atomic mass is 16.5. The first-order chi connectivity index (χ1) is 17.4. The maximum absolute atomic E-state index is 12.7. The number of benzene rings is 1. The number of aliphatic hydroxyl groups is 1. The summed E-state index contributed by atoms with van der Waals surface area (Å²) in [6.07, 6.45) is 6.57. The van der Waals surface area contributed by atoms with E-state index in [0.717, 1.165) is 5.56 Å². The van der Waals surface area contributed by atoms with Crippen LogP contribution in [0.4, 0.5) is 23.0 Å². The van der Waals surface area contributed by atoms with E-state index in [1.807, 2.05) is 42.1 Å². The number of aryl methyl sites for hydroxylation is 1. The summed E-state index contributed by atoms with van der Waals surface area (Å²) < 4.78 is 9.19. The van der Waals surface area contributed by atoms with E-state index in [0.29, 0.717) is 59.4 Å². The fourth-order valence-electron chi connectivity index (χ4n) is 4.19. The summed E-state index contributed by atoms with van der Waals surface area (Å²) in [5.74, 6) is 2.22. The van der Waals surface area contributed by atoms with E-state index in [4.69, 9.17) is 4.74 Å². The number of carbonyl (C=O) groups is 1. The molecule has 0 bridgehead atoms. The molecule has 0 radical (unpaired) electrons. The molecule has 0 saturated heterocycles. The standard InChI is InChI=1S/C25H28N8O3/c1-4-21(35)18-13-26-23(29-22-8-9-33(30-22)15-10-16(34)11-15)12-20(18)28-19-7-5-6-17(24(19)36-3)25-27-14-32(2)31-25/h5-9,12-16,34H,4,10-11H2,1-3H3,(H2,26,28,29,30)/t15-,16-. The number of carbonyl (C=O) groups excluding carboxylic acids is 1. The van der Waals surface area contributed by atoms with Crippen LogP contribution in [0.2, 0.25) is 0 Å². The molecule has 3 heterocycles. The van der Waals surface area contributed by atoms with Gasteiger partial charge in [-0.2, -0.15) is 10.2 Å². The van der Waals surface area contributed by atoms with E-state index in [1.54, 1.807) is 37.4 Å². The second-order valence-electron chi connectivity index (χ2n) is 8.73. The average Bonchev–Trinajstić information content (AvgIpc) is 3.50. The number of para-hydroxylation sites is 1. The highest BCUT2D eigenvalue weighted by Gasteiger charge is 2.29. The number of pyridine rings is 1. The fraction of sp³-hybridized carbons (Fsp3) is 0.320.